The van der Waals surface area contributed by atoms with Crippen LogP contribution in [0, 0.1) is 0 Å². The highest BCUT2D eigenvalue weighted by Gasteiger charge is 2.13. The average Bonchev–Trinajstić information content (AvgIpc) is 2.72. The highest BCUT2D eigenvalue weighted by atomic mass is 79.9. The van der Waals surface area contributed by atoms with Gasteiger partial charge in [-0.25, -0.2) is 0 Å². The van der Waals surface area contributed by atoms with Crippen molar-refractivity contribution in [1.29, 1.82) is 0 Å². The Bertz CT molecular complexity index is 913. The van der Waals surface area contributed by atoms with Crippen LogP contribution in [-0.2, 0) is 13.2 Å². The minimum Gasteiger partial charge on any atom is -0.488 e. The molecule has 0 aliphatic heterocycles. The van der Waals surface area contributed by atoms with E-state index in [-0.39, 0.29) is 0 Å². The van der Waals surface area contributed by atoms with Crippen molar-refractivity contribution in [2.75, 3.05) is 0 Å². The van der Waals surface area contributed by atoms with Crippen molar-refractivity contribution in [2.24, 2.45) is 0 Å². The van der Waals surface area contributed by atoms with Gasteiger partial charge in [0.25, 0.3) is 0 Å². The monoisotopic (exact) mass is 491 g/mol. The Morgan fingerprint density at radius 2 is 1.69 bits per heavy atom. The standard InChI is InChI=1S/C24H24BrCl2NO/c1-2-7-23(17-8-4-3-5-9-17)28-15-18-14-19(25)12-13-24(18)29-16-20-21(26)10-6-11-22(20)27/h3-6,8-14,23,28H,2,7,15-16H2,1H3. The van der Waals surface area contributed by atoms with Gasteiger partial charge in [-0.1, -0.05) is 88.9 Å². The smallest absolute Gasteiger partial charge is 0.124 e. The molecule has 0 fully saturated rings. The predicted molar refractivity (Wildman–Crippen MR) is 126 cm³/mol. The van der Waals surface area contributed by atoms with Crippen LogP contribution in [0.1, 0.15) is 42.5 Å². The SMILES string of the molecule is CCCC(NCc1cc(Br)ccc1OCc1c(Cl)cccc1Cl)c1ccccc1. The van der Waals surface area contributed by atoms with Crippen molar-refractivity contribution in [3.05, 3.63) is 97.9 Å². The summed E-state index contributed by atoms with van der Waals surface area (Å²) in [4.78, 5) is 0. The molecule has 29 heavy (non-hydrogen) atoms. The zero-order chi connectivity index (χ0) is 20.6. The third-order valence-electron chi connectivity index (χ3n) is 4.77. The molecular formula is C24H24BrCl2NO. The maximum absolute atomic E-state index is 6.28. The van der Waals surface area contributed by atoms with Gasteiger partial charge in [0.2, 0.25) is 0 Å². The molecule has 0 radical (unpaired) electrons. The van der Waals surface area contributed by atoms with Gasteiger partial charge in [0.05, 0.1) is 0 Å². The molecule has 3 rings (SSSR count). The van der Waals surface area contributed by atoms with Gasteiger partial charge in [-0.15, -0.1) is 0 Å². The molecule has 0 heterocycles. The Labute approximate surface area is 191 Å². The predicted octanol–water partition coefficient (Wildman–Crippen LogP) is 7.97. The molecule has 0 amide bonds. The molecule has 1 atom stereocenters. The van der Waals surface area contributed by atoms with Crippen LogP contribution < -0.4 is 10.1 Å². The molecular weight excluding hydrogens is 469 g/mol. The summed E-state index contributed by atoms with van der Waals surface area (Å²) in [5, 5.41) is 4.91. The van der Waals surface area contributed by atoms with Gasteiger partial charge in [-0.3, -0.25) is 0 Å². The normalized spacial score (nSPS) is 12.0. The molecule has 3 aromatic rings. The molecule has 152 valence electrons. The van der Waals surface area contributed by atoms with Gasteiger partial charge in [-0.2, -0.15) is 0 Å². The maximum atomic E-state index is 6.28. The Kier molecular flexibility index (Phi) is 8.43. The third kappa shape index (κ3) is 6.23. The van der Waals surface area contributed by atoms with Crippen LogP contribution in [0.25, 0.3) is 0 Å². The van der Waals surface area contributed by atoms with Gasteiger partial charge in [0, 0.05) is 38.2 Å². The Morgan fingerprint density at radius 1 is 0.966 bits per heavy atom. The highest BCUT2D eigenvalue weighted by Crippen LogP contribution is 2.29. The van der Waals surface area contributed by atoms with Crippen molar-refractivity contribution in [3.8, 4) is 5.75 Å². The molecule has 0 aliphatic rings. The molecule has 5 heteroatoms. The van der Waals surface area contributed by atoms with Crippen molar-refractivity contribution in [1.82, 2.24) is 5.32 Å². The number of rotatable bonds is 9. The summed E-state index contributed by atoms with van der Waals surface area (Å²) in [6, 6.07) is 22.4. The zero-order valence-corrected chi connectivity index (χ0v) is 19.4. The third-order valence-corrected chi connectivity index (χ3v) is 5.98. The molecule has 0 spiro atoms. The van der Waals surface area contributed by atoms with E-state index < -0.39 is 0 Å². The summed E-state index contributed by atoms with van der Waals surface area (Å²) in [6.07, 6.45) is 2.18. The van der Waals surface area contributed by atoms with Crippen LogP contribution in [0.2, 0.25) is 10.0 Å². The Hall–Kier alpha value is -1.52. The summed E-state index contributed by atoms with van der Waals surface area (Å²) in [7, 11) is 0. The van der Waals surface area contributed by atoms with Crippen molar-refractivity contribution in [2.45, 2.75) is 39.0 Å². The second kappa shape index (κ2) is 11.0. The van der Waals surface area contributed by atoms with E-state index in [4.69, 9.17) is 27.9 Å². The Morgan fingerprint density at radius 3 is 2.38 bits per heavy atom. The van der Waals surface area contributed by atoms with E-state index in [1.165, 1.54) is 5.56 Å². The zero-order valence-electron chi connectivity index (χ0n) is 16.3. The molecule has 0 bridgehead atoms. The van der Waals surface area contributed by atoms with Crippen LogP contribution in [0.15, 0.2) is 71.2 Å². The number of benzene rings is 3. The van der Waals surface area contributed by atoms with Crippen molar-refractivity contribution in [3.63, 3.8) is 0 Å². The lowest BCUT2D eigenvalue weighted by Crippen LogP contribution is -2.21. The van der Waals surface area contributed by atoms with Crippen LogP contribution >= 0.6 is 39.1 Å². The van der Waals surface area contributed by atoms with Gasteiger partial charge < -0.3 is 10.1 Å². The van der Waals surface area contributed by atoms with Crippen LogP contribution in [-0.4, -0.2) is 0 Å². The Balaban J connectivity index is 1.74. The first-order valence-corrected chi connectivity index (χ1v) is 11.3. The highest BCUT2D eigenvalue weighted by molar-refractivity contribution is 9.10. The average molecular weight is 493 g/mol. The fourth-order valence-corrected chi connectivity index (χ4v) is 4.16. The van der Waals surface area contributed by atoms with E-state index in [1.54, 1.807) is 0 Å². The second-order valence-electron chi connectivity index (χ2n) is 6.87. The van der Waals surface area contributed by atoms with Gasteiger partial charge in [0.1, 0.15) is 12.4 Å². The summed E-state index contributed by atoms with van der Waals surface area (Å²) in [5.74, 6) is 0.819. The minimum absolute atomic E-state index is 0.297. The number of hydrogen-bond donors (Lipinski definition) is 1. The quantitative estimate of drug-likeness (QED) is 0.327. The number of halogens is 3. The van der Waals surface area contributed by atoms with Gasteiger partial charge >= 0.3 is 0 Å². The fourth-order valence-electron chi connectivity index (χ4n) is 3.24. The number of ether oxygens (including phenoxy) is 1. The summed E-state index contributed by atoms with van der Waals surface area (Å²) in [6.45, 7) is 3.23. The van der Waals surface area contributed by atoms with Crippen LogP contribution in [0.5, 0.6) is 5.75 Å². The lowest BCUT2D eigenvalue weighted by molar-refractivity contribution is 0.301. The fraction of sp³-hybridized carbons (Fsp3) is 0.250. The molecule has 0 saturated heterocycles. The van der Waals surface area contributed by atoms with Gasteiger partial charge in [-0.05, 0) is 42.3 Å². The summed E-state index contributed by atoms with van der Waals surface area (Å²) in [5.41, 5.74) is 3.18. The lowest BCUT2D eigenvalue weighted by Gasteiger charge is -2.20. The number of nitrogens with one attached hydrogen (secondary N) is 1. The van der Waals surface area contributed by atoms with E-state index in [0.717, 1.165) is 34.2 Å². The molecule has 1 unspecified atom stereocenters. The summed E-state index contributed by atoms with van der Waals surface area (Å²) >= 11 is 16.1. The largest absolute Gasteiger partial charge is 0.488 e. The second-order valence-corrected chi connectivity index (χ2v) is 8.60. The van der Waals surface area contributed by atoms with Crippen LogP contribution in [0.4, 0.5) is 0 Å². The molecule has 0 aliphatic carbocycles. The van der Waals surface area contributed by atoms with Crippen molar-refractivity contribution < 1.29 is 4.74 Å². The molecule has 0 aromatic heterocycles. The minimum atomic E-state index is 0.297. The topological polar surface area (TPSA) is 21.3 Å². The van der Waals surface area contributed by atoms with E-state index in [0.29, 0.717) is 29.2 Å². The van der Waals surface area contributed by atoms with Crippen LogP contribution in [0.3, 0.4) is 0 Å². The first-order valence-electron chi connectivity index (χ1n) is 9.71. The first-order chi connectivity index (χ1) is 14.1. The summed E-state index contributed by atoms with van der Waals surface area (Å²) < 4.78 is 7.13. The van der Waals surface area contributed by atoms with Gasteiger partial charge in [0.15, 0.2) is 0 Å². The lowest BCUT2D eigenvalue weighted by atomic mass is 10.0. The maximum Gasteiger partial charge on any atom is 0.124 e. The molecule has 2 nitrogen and oxygen atoms in total. The van der Waals surface area contributed by atoms with E-state index in [9.17, 15) is 0 Å². The molecule has 1 N–H and O–H groups in total. The number of hydrogen-bond acceptors (Lipinski definition) is 2. The van der Waals surface area contributed by atoms with E-state index in [1.807, 2.05) is 36.4 Å². The molecule has 0 saturated carbocycles. The van der Waals surface area contributed by atoms with E-state index >= 15 is 0 Å². The first kappa shape index (κ1) is 22.2. The molecule has 3 aromatic carbocycles. The van der Waals surface area contributed by atoms with E-state index in [2.05, 4.69) is 58.5 Å². The van der Waals surface area contributed by atoms with Crippen molar-refractivity contribution >= 4 is 39.1 Å².